The molecular formula is C16H15ClN4O. The summed E-state index contributed by atoms with van der Waals surface area (Å²) >= 11 is 6.26. The van der Waals surface area contributed by atoms with Crippen LogP contribution in [-0.4, -0.2) is 27.0 Å². The SMILES string of the molecule is CCCNC(=O)c1cnn2c(-c3ccccc3Cl)ccnc12. The molecule has 3 rings (SSSR count). The number of fused-ring (bicyclic) bond motifs is 1. The number of rotatable bonds is 4. The average Bonchev–Trinajstić information content (AvgIpc) is 2.97. The summed E-state index contributed by atoms with van der Waals surface area (Å²) in [4.78, 5) is 16.4. The maximum atomic E-state index is 12.2. The molecule has 6 heteroatoms. The van der Waals surface area contributed by atoms with E-state index in [-0.39, 0.29) is 5.91 Å². The van der Waals surface area contributed by atoms with Gasteiger partial charge in [-0.25, -0.2) is 9.50 Å². The zero-order valence-electron chi connectivity index (χ0n) is 12.1. The molecule has 0 atom stereocenters. The van der Waals surface area contributed by atoms with Gasteiger partial charge in [-0.1, -0.05) is 36.7 Å². The Hall–Kier alpha value is -2.40. The van der Waals surface area contributed by atoms with E-state index in [2.05, 4.69) is 15.4 Å². The summed E-state index contributed by atoms with van der Waals surface area (Å²) in [5.74, 6) is -0.166. The summed E-state index contributed by atoms with van der Waals surface area (Å²) in [6, 6.07) is 9.34. The van der Waals surface area contributed by atoms with Crippen molar-refractivity contribution in [2.24, 2.45) is 0 Å². The highest BCUT2D eigenvalue weighted by Crippen LogP contribution is 2.27. The lowest BCUT2D eigenvalue weighted by Gasteiger charge is -2.07. The van der Waals surface area contributed by atoms with E-state index >= 15 is 0 Å². The van der Waals surface area contributed by atoms with Crippen LogP contribution in [0.2, 0.25) is 5.02 Å². The van der Waals surface area contributed by atoms with Gasteiger partial charge in [-0.2, -0.15) is 5.10 Å². The third-order valence-corrected chi connectivity index (χ3v) is 3.66. The minimum Gasteiger partial charge on any atom is -0.352 e. The van der Waals surface area contributed by atoms with Gasteiger partial charge < -0.3 is 5.32 Å². The van der Waals surface area contributed by atoms with Crippen molar-refractivity contribution in [2.45, 2.75) is 13.3 Å². The second kappa shape index (κ2) is 6.15. The van der Waals surface area contributed by atoms with Crippen LogP contribution in [0.5, 0.6) is 0 Å². The molecular weight excluding hydrogens is 300 g/mol. The van der Waals surface area contributed by atoms with E-state index in [0.29, 0.717) is 22.8 Å². The molecule has 0 unspecified atom stereocenters. The van der Waals surface area contributed by atoms with Crippen LogP contribution in [-0.2, 0) is 0 Å². The number of nitrogens with one attached hydrogen (secondary N) is 1. The molecule has 0 fully saturated rings. The second-order valence-corrected chi connectivity index (χ2v) is 5.27. The van der Waals surface area contributed by atoms with Gasteiger partial charge in [0.1, 0.15) is 5.56 Å². The van der Waals surface area contributed by atoms with Gasteiger partial charge in [-0.05, 0) is 18.6 Å². The Labute approximate surface area is 132 Å². The maximum Gasteiger partial charge on any atom is 0.256 e. The number of nitrogens with zero attached hydrogens (tertiary/aromatic N) is 3. The lowest BCUT2D eigenvalue weighted by molar-refractivity contribution is 0.0955. The molecule has 0 saturated heterocycles. The summed E-state index contributed by atoms with van der Waals surface area (Å²) in [5, 5.41) is 7.77. The highest BCUT2D eigenvalue weighted by atomic mass is 35.5. The summed E-state index contributed by atoms with van der Waals surface area (Å²) in [6.07, 6.45) is 4.07. The topological polar surface area (TPSA) is 59.3 Å². The molecule has 0 saturated carbocycles. The predicted molar refractivity (Wildman–Crippen MR) is 86.1 cm³/mol. The fourth-order valence-corrected chi connectivity index (χ4v) is 2.49. The molecule has 1 amide bonds. The molecule has 0 spiro atoms. The van der Waals surface area contributed by atoms with E-state index < -0.39 is 0 Å². The smallest absolute Gasteiger partial charge is 0.256 e. The summed E-state index contributed by atoms with van der Waals surface area (Å²) < 4.78 is 1.64. The predicted octanol–water partition coefficient (Wildman–Crippen LogP) is 3.19. The molecule has 0 bridgehead atoms. The number of aromatic nitrogens is 3. The van der Waals surface area contributed by atoms with Crippen molar-refractivity contribution in [3.63, 3.8) is 0 Å². The third kappa shape index (κ3) is 2.55. The first-order valence-corrected chi connectivity index (χ1v) is 7.46. The lowest BCUT2D eigenvalue weighted by atomic mass is 10.1. The summed E-state index contributed by atoms with van der Waals surface area (Å²) in [5.41, 5.74) is 2.62. The molecule has 0 aliphatic rings. The van der Waals surface area contributed by atoms with Crippen LogP contribution in [0, 0.1) is 0 Å². The van der Waals surface area contributed by atoms with E-state index in [4.69, 9.17) is 11.6 Å². The van der Waals surface area contributed by atoms with Crippen LogP contribution >= 0.6 is 11.6 Å². The average molecular weight is 315 g/mol. The van der Waals surface area contributed by atoms with E-state index in [1.165, 1.54) is 6.20 Å². The van der Waals surface area contributed by atoms with Gasteiger partial charge in [0.25, 0.3) is 5.91 Å². The van der Waals surface area contributed by atoms with Crippen LogP contribution < -0.4 is 5.32 Å². The summed E-state index contributed by atoms with van der Waals surface area (Å²) in [7, 11) is 0. The van der Waals surface area contributed by atoms with Crippen LogP contribution in [0.1, 0.15) is 23.7 Å². The number of amides is 1. The minimum absolute atomic E-state index is 0.166. The van der Waals surface area contributed by atoms with Crippen molar-refractivity contribution in [2.75, 3.05) is 6.54 Å². The van der Waals surface area contributed by atoms with Crippen molar-refractivity contribution < 1.29 is 4.79 Å². The molecule has 2 aromatic heterocycles. The van der Waals surface area contributed by atoms with E-state index in [1.54, 1.807) is 10.7 Å². The van der Waals surface area contributed by atoms with E-state index in [1.807, 2.05) is 37.3 Å². The van der Waals surface area contributed by atoms with Crippen molar-refractivity contribution in [3.8, 4) is 11.3 Å². The van der Waals surface area contributed by atoms with E-state index in [9.17, 15) is 4.79 Å². The highest BCUT2D eigenvalue weighted by molar-refractivity contribution is 6.33. The Morgan fingerprint density at radius 3 is 2.91 bits per heavy atom. The zero-order valence-corrected chi connectivity index (χ0v) is 12.8. The van der Waals surface area contributed by atoms with Crippen LogP contribution in [0.25, 0.3) is 16.9 Å². The number of carbonyl (C=O) groups excluding carboxylic acids is 1. The van der Waals surface area contributed by atoms with Gasteiger partial charge in [-0.3, -0.25) is 4.79 Å². The fraction of sp³-hybridized carbons (Fsp3) is 0.188. The first-order valence-electron chi connectivity index (χ1n) is 7.08. The van der Waals surface area contributed by atoms with E-state index in [0.717, 1.165) is 17.7 Å². The Bertz CT molecular complexity index is 828. The molecule has 1 aromatic carbocycles. The number of hydrogen-bond donors (Lipinski definition) is 1. The molecule has 0 radical (unpaired) electrons. The Morgan fingerprint density at radius 1 is 1.32 bits per heavy atom. The lowest BCUT2D eigenvalue weighted by Crippen LogP contribution is -2.23. The van der Waals surface area contributed by atoms with Crippen LogP contribution in [0.4, 0.5) is 0 Å². The Morgan fingerprint density at radius 2 is 2.14 bits per heavy atom. The molecule has 0 aliphatic heterocycles. The van der Waals surface area contributed by atoms with Gasteiger partial charge >= 0.3 is 0 Å². The first-order chi connectivity index (χ1) is 10.7. The van der Waals surface area contributed by atoms with Crippen molar-refractivity contribution in [3.05, 3.63) is 53.3 Å². The Balaban J connectivity index is 2.10. The molecule has 2 heterocycles. The van der Waals surface area contributed by atoms with Gasteiger partial charge in [0.15, 0.2) is 5.65 Å². The second-order valence-electron chi connectivity index (χ2n) is 4.86. The number of halogens is 1. The molecule has 22 heavy (non-hydrogen) atoms. The molecule has 112 valence electrons. The van der Waals surface area contributed by atoms with Gasteiger partial charge in [0, 0.05) is 23.3 Å². The van der Waals surface area contributed by atoms with Crippen molar-refractivity contribution in [1.29, 1.82) is 0 Å². The number of hydrogen-bond acceptors (Lipinski definition) is 3. The van der Waals surface area contributed by atoms with Gasteiger partial charge in [-0.15, -0.1) is 0 Å². The van der Waals surface area contributed by atoms with Crippen molar-refractivity contribution in [1.82, 2.24) is 19.9 Å². The third-order valence-electron chi connectivity index (χ3n) is 3.33. The van der Waals surface area contributed by atoms with Gasteiger partial charge in [0.2, 0.25) is 0 Å². The van der Waals surface area contributed by atoms with Gasteiger partial charge in [0.05, 0.1) is 11.9 Å². The number of carbonyl (C=O) groups is 1. The van der Waals surface area contributed by atoms with Crippen LogP contribution in [0.15, 0.2) is 42.7 Å². The minimum atomic E-state index is -0.166. The molecule has 5 nitrogen and oxygen atoms in total. The van der Waals surface area contributed by atoms with Crippen molar-refractivity contribution >= 4 is 23.2 Å². The number of benzene rings is 1. The summed E-state index contributed by atoms with van der Waals surface area (Å²) in [6.45, 7) is 2.63. The zero-order chi connectivity index (χ0) is 15.5. The maximum absolute atomic E-state index is 12.2. The monoisotopic (exact) mass is 314 g/mol. The highest BCUT2D eigenvalue weighted by Gasteiger charge is 2.16. The normalized spacial score (nSPS) is 10.8. The fourth-order valence-electron chi connectivity index (χ4n) is 2.26. The quantitative estimate of drug-likeness (QED) is 0.804. The first kappa shape index (κ1) is 14.5. The Kier molecular flexibility index (Phi) is 4.06. The van der Waals surface area contributed by atoms with Crippen LogP contribution in [0.3, 0.4) is 0 Å². The molecule has 0 aliphatic carbocycles. The molecule has 3 aromatic rings. The molecule has 1 N–H and O–H groups in total. The standard InChI is InChI=1S/C16H15ClN4O/c1-2-8-19-16(22)12-10-20-21-14(7-9-18-15(12)21)11-5-3-4-6-13(11)17/h3-7,9-10H,2,8H2,1H3,(H,19,22). The largest absolute Gasteiger partial charge is 0.352 e.